The zero-order chi connectivity index (χ0) is 20.3. The number of hydrogen-bond donors (Lipinski definition) is 0. The Morgan fingerprint density at radius 2 is 1.93 bits per heavy atom. The lowest BCUT2D eigenvalue weighted by atomic mass is 10.1. The minimum atomic E-state index is -2.96. The minimum absolute atomic E-state index is 0.0531. The fourth-order valence-corrected chi connectivity index (χ4v) is 5.96. The van der Waals surface area contributed by atoms with E-state index in [0.29, 0.717) is 13.0 Å². The SMILES string of the molecule is CCCN(CC(=O)c1cc(C)n(C2CCS(=O)(=O)C2)c1C)Cc1ccccc1. The summed E-state index contributed by atoms with van der Waals surface area (Å²) < 4.78 is 25.8. The van der Waals surface area contributed by atoms with Gasteiger partial charge in [0.05, 0.1) is 18.1 Å². The molecule has 3 rings (SSSR count). The van der Waals surface area contributed by atoms with Gasteiger partial charge >= 0.3 is 0 Å². The highest BCUT2D eigenvalue weighted by molar-refractivity contribution is 7.91. The average Bonchev–Trinajstić information content (AvgIpc) is 3.14. The van der Waals surface area contributed by atoms with Crippen molar-refractivity contribution >= 4 is 15.6 Å². The number of aryl methyl sites for hydroxylation is 1. The van der Waals surface area contributed by atoms with Crippen LogP contribution >= 0.6 is 0 Å². The predicted octanol–water partition coefficient (Wildman–Crippen LogP) is 3.56. The average molecular weight is 403 g/mol. The van der Waals surface area contributed by atoms with Crippen molar-refractivity contribution in [3.63, 3.8) is 0 Å². The van der Waals surface area contributed by atoms with Crippen LogP contribution in [-0.4, -0.2) is 48.3 Å². The van der Waals surface area contributed by atoms with E-state index in [-0.39, 0.29) is 23.3 Å². The smallest absolute Gasteiger partial charge is 0.178 e. The van der Waals surface area contributed by atoms with Gasteiger partial charge in [0.2, 0.25) is 0 Å². The minimum Gasteiger partial charge on any atom is -0.344 e. The van der Waals surface area contributed by atoms with Gasteiger partial charge in [-0.2, -0.15) is 0 Å². The molecule has 1 unspecified atom stereocenters. The second-order valence-corrected chi connectivity index (χ2v) is 10.1. The van der Waals surface area contributed by atoms with Crippen molar-refractivity contribution in [2.45, 2.75) is 46.2 Å². The lowest BCUT2D eigenvalue weighted by Crippen LogP contribution is -2.30. The van der Waals surface area contributed by atoms with Gasteiger partial charge in [0.25, 0.3) is 0 Å². The van der Waals surface area contributed by atoms with Gasteiger partial charge in [-0.15, -0.1) is 0 Å². The first-order chi connectivity index (χ1) is 13.3. The Hall–Kier alpha value is -1.92. The molecule has 0 aliphatic carbocycles. The summed E-state index contributed by atoms with van der Waals surface area (Å²) >= 11 is 0. The maximum Gasteiger partial charge on any atom is 0.178 e. The summed E-state index contributed by atoms with van der Waals surface area (Å²) in [6, 6.07) is 12.1. The number of benzene rings is 1. The monoisotopic (exact) mass is 402 g/mol. The predicted molar refractivity (Wildman–Crippen MR) is 113 cm³/mol. The summed E-state index contributed by atoms with van der Waals surface area (Å²) in [5.41, 5.74) is 3.77. The van der Waals surface area contributed by atoms with Crippen molar-refractivity contribution in [1.29, 1.82) is 0 Å². The van der Waals surface area contributed by atoms with Crippen LogP contribution in [0.5, 0.6) is 0 Å². The number of ketones is 1. The number of carbonyl (C=O) groups excluding carboxylic acids is 1. The van der Waals surface area contributed by atoms with Crippen LogP contribution in [0.25, 0.3) is 0 Å². The van der Waals surface area contributed by atoms with Gasteiger partial charge < -0.3 is 4.57 Å². The molecule has 1 aliphatic rings. The number of Topliss-reactive ketones (excluding diaryl/α,β-unsaturated/α-hetero) is 1. The molecular formula is C22H30N2O3S. The maximum absolute atomic E-state index is 13.1. The maximum atomic E-state index is 13.1. The summed E-state index contributed by atoms with van der Waals surface area (Å²) in [4.78, 5) is 15.3. The number of sulfone groups is 1. The highest BCUT2D eigenvalue weighted by Crippen LogP contribution is 2.29. The number of aromatic nitrogens is 1. The van der Waals surface area contributed by atoms with Crippen molar-refractivity contribution in [2.24, 2.45) is 0 Å². The second kappa shape index (κ2) is 8.62. The molecule has 0 saturated carbocycles. The summed E-state index contributed by atoms with van der Waals surface area (Å²) in [5.74, 6) is 0.511. The van der Waals surface area contributed by atoms with Crippen LogP contribution in [0.1, 0.15) is 53.1 Å². The number of nitrogens with zero attached hydrogens (tertiary/aromatic N) is 2. The van der Waals surface area contributed by atoms with Crippen LogP contribution in [-0.2, 0) is 16.4 Å². The molecule has 5 nitrogen and oxygen atoms in total. The molecule has 2 aromatic rings. The van der Waals surface area contributed by atoms with Gasteiger partial charge in [-0.25, -0.2) is 8.42 Å². The van der Waals surface area contributed by atoms with Crippen molar-refractivity contribution in [3.8, 4) is 0 Å². The summed E-state index contributed by atoms with van der Waals surface area (Å²) in [5, 5.41) is 0. The van der Waals surface area contributed by atoms with E-state index < -0.39 is 9.84 Å². The first-order valence-electron chi connectivity index (χ1n) is 9.99. The lowest BCUT2D eigenvalue weighted by Gasteiger charge is -2.21. The van der Waals surface area contributed by atoms with Crippen molar-refractivity contribution in [2.75, 3.05) is 24.6 Å². The molecule has 1 aliphatic heterocycles. The topological polar surface area (TPSA) is 59.4 Å². The Labute approximate surface area is 168 Å². The first-order valence-corrected chi connectivity index (χ1v) is 11.8. The molecule has 1 atom stereocenters. The Kier molecular flexibility index (Phi) is 6.40. The number of carbonyl (C=O) groups is 1. The Morgan fingerprint density at radius 3 is 2.54 bits per heavy atom. The van der Waals surface area contributed by atoms with Crippen molar-refractivity contribution in [1.82, 2.24) is 9.47 Å². The van der Waals surface area contributed by atoms with Crippen molar-refractivity contribution in [3.05, 3.63) is 58.9 Å². The summed E-state index contributed by atoms with van der Waals surface area (Å²) in [6.07, 6.45) is 1.61. The molecule has 2 heterocycles. The highest BCUT2D eigenvalue weighted by atomic mass is 32.2. The molecule has 6 heteroatoms. The lowest BCUT2D eigenvalue weighted by molar-refractivity contribution is 0.0925. The fourth-order valence-electron chi connectivity index (χ4n) is 4.26. The van der Waals surface area contributed by atoms with Crippen LogP contribution in [0.4, 0.5) is 0 Å². The van der Waals surface area contributed by atoms with Gasteiger partial charge in [0.1, 0.15) is 0 Å². The largest absolute Gasteiger partial charge is 0.344 e. The third-order valence-electron chi connectivity index (χ3n) is 5.51. The first kappa shape index (κ1) is 20.8. The number of rotatable bonds is 8. The number of hydrogen-bond acceptors (Lipinski definition) is 4. The normalized spacial score (nSPS) is 18.6. The Bertz CT molecular complexity index is 932. The van der Waals surface area contributed by atoms with Crippen LogP contribution < -0.4 is 0 Å². The summed E-state index contributed by atoms with van der Waals surface area (Å²) in [7, 11) is -2.96. The van der Waals surface area contributed by atoms with E-state index in [0.717, 1.165) is 36.5 Å². The molecule has 1 saturated heterocycles. The van der Waals surface area contributed by atoms with Crippen LogP contribution in [0.3, 0.4) is 0 Å². The van der Waals surface area contributed by atoms with E-state index in [1.54, 1.807) is 0 Å². The summed E-state index contributed by atoms with van der Waals surface area (Å²) in [6.45, 7) is 8.00. The van der Waals surface area contributed by atoms with Gasteiger partial charge in [0, 0.05) is 29.5 Å². The van der Waals surface area contributed by atoms with E-state index in [4.69, 9.17) is 0 Å². The Balaban J connectivity index is 1.77. The molecule has 1 fully saturated rings. The molecule has 0 radical (unpaired) electrons. The van der Waals surface area contributed by atoms with Gasteiger partial charge in [-0.3, -0.25) is 9.69 Å². The van der Waals surface area contributed by atoms with Gasteiger partial charge in [-0.1, -0.05) is 37.3 Å². The van der Waals surface area contributed by atoms with Gasteiger partial charge in [0.15, 0.2) is 15.6 Å². The third-order valence-corrected chi connectivity index (χ3v) is 7.26. The fraction of sp³-hybridized carbons (Fsp3) is 0.500. The van der Waals surface area contributed by atoms with Crippen LogP contribution in [0.15, 0.2) is 36.4 Å². The van der Waals surface area contributed by atoms with E-state index in [2.05, 4.69) is 28.5 Å². The third kappa shape index (κ3) is 4.73. The van der Waals surface area contributed by atoms with E-state index >= 15 is 0 Å². The quantitative estimate of drug-likeness (QED) is 0.634. The standard InChI is InChI=1S/C22H30N2O3S/c1-4-11-23(14-19-8-6-5-7-9-19)15-22(25)21-13-17(2)24(18(21)3)20-10-12-28(26,27)16-20/h5-9,13,20H,4,10-12,14-16H2,1-3H3. The van der Waals surface area contributed by atoms with E-state index in [9.17, 15) is 13.2 Å². The Morgan fingerprint density at radius 1 is 1.21 bits per heavy atom. The molecule has 0 amide bonds. The molecule has 28 heavy (non-hydrogen) atoms. The molecule has 0 N–H and O–H groups in total. The van der Waals surface area contributed by atoms with E-state index in [1.165, 1.54) is 5.56 Å². The molecule has 0 bridgehead atoms. The molecular weight excluding hydrogens is 372 g/mol. The van der Waals surface area contributed by atoms with Crippen molar-refractivity contribution < 1.29 is 13.2 Å². The van der Waals surface area contributed by atoms with E-state index in [1.807, 2.05) is 38.1 Å². The van der Waals surface area contributed by atoms with Gasteiger partial charge in [-0.05, 0) is 44.9 Å². The molecule has 152 valence electrons. The van der Waals surface area contributed by atoms with Crippen LogP contribution in [0.2, 0.25) is 0 Å². The molecule has 1 aromatic heterocycles. The zero-order valence-corrected chi connectivity index (χ0v) is 17.8. The van der Waals surface area contributed by atoms with Crippen LogP contribution in [0, 0.1) is 13.8 Å². The second-order valence-electron chi connectivity index (χ2n) is 7.83. The highest BCUT2D eigenvalue weighted by Gasteiger charge is 2.31. The molecule has 1 aromatic carbocycles. The zero-order valence-electron chi connectivity index (χ0n) is 17.0. The molecule has 0 spiro atoms.